The standard InChI is InChI=1S/C26H41NO6/c1-3-31-24(25(28)29)20-22-13-15-23(16-14-22)33-19-18-27(26(30)32-4-2)17-9-8-12-21-10-6-5-7-11-21/h13-16,21,24H,3-12,17-20H2,1-2H3,(H,28,29). The molecule has 7 heteroatoms. The number of rotatable bonds is 15. The first-order valence-electron chi connectivity index (χ1n) is 12.5. The monoisotopic (exact) mass is 463 g/mol. The molecule has 1 aromatic carbocycles. The summed E-state index contributed by atoms with van der Waals surface area (Å²) in [6.45, 7) is 5.84. The molecule has 186 valence electrons. The molecule has 1 aliphatic carbocycles. The summed E-state index contributed by atoms with van der Waals surface area (Å²) < 4.78 is 16.3. The first-order chi connectivity index (χ1) is 16.0. The van der Waals surface area contributed by atoms with Gasteiger partial charge < -0.3 is 24.2 Å². The number of benzene rings is 1. The van der Waals surface area contributed by atoms with E-state index in [0.717, 1.165) is 24.3 Å². The third-order valence-electron chi connectivity index (χ3n) is 6.16. The lowest BCUT2D eigenvalue weighted by molar-refractivity contribution is -0.149. The van der Waals surface area contributed by atoms with E-state index < -0.39 is 12.1 Å². The zero-order chi connectivity index (χ0) is 23.9. The second-order valence-corrected chi connectivity index (χ2v) is 8.66. The molecular formula is C26H41NO6. The fourth-order valence-corrected chi connectivity index (χ4v) is 4.35. The van der Waals surface area contributed by atoms with E-state index in [2.05, 4.69) is 0 Å². The minimum Gasteiger partial charge on any atom is -0.492 e. The van der Waals surface area contributed by atoms with Crippen LogP contribution in [0.25, 0.3) is 0 Å². The highest BCUT2D eigenvalue weighted by molar-refractivity contribution is 5.72. The van der Waals surface area contributed by atoms with Crippen molar-refractivity contribution in [1.29, 1.82) is 0 Å². The van der Waals surface area contributed by atoms with Gasteiger partial charge in [-0.2, -0.15) is 0 Å². The maximum Gasteiger partial charge on any atom is 0.409 e. The van der Waals surface area contributed by atoms with Gasteiger partial charge in [0.1, 0.15) is 12.4 Å². The fraction of sp³-hybridized carbons (Fsp3) is 0.692. The van der Waals surface area contributed by atoms with Crippen LogP contribution >= 0.6 is 0 Å². The summed E-state index contributed by atoms with van der Waals surface area (Å²) in [5, 5.41) is 9.22. The van der Waals surface area contributed by atoms with E-state index in [4.69, 9.17) is 14.2 Å². The molecule has 0 bridgehead atoms. The van der Waals surface area contributed by atoms with Crippen LogP contribution in [0.3, 0.4) is 0 Å². The van der Waals surface area contributed by atoms with E-state index in [1.807, 2.05) is 31.2 Å². The van der Waals surface area contributed by atoms with Gasteiger partial charge in [0.15, 0.2) is 6.10 Å². The molecule has 1 fully saturated rings. The lowest BCUT2D eigenvalue weighted by Gasteiger charge is -2.24. The van der Waals surface area contributed by atoms with Crippen LogP contribution in [0.15, 0.2) is 24.3 Å². The average molecular weight is 464 g/mol. The Balaban J connectivity index is 1.75. The first-order valence-corrected chi connectivity index (χ1v) is 12.5. The minimum atomic E-state index is -0.963. The molecule has 1 N–H and O–H groups in total. The number of carbonyl (C=O) groups is 2. The van der Waals surface area contributed by atoms with Gasteiger partial charge >= 0.3 is 12.1 Å². The van der Waals surface area contributed by atoms with Crippen LogP contribution in [0.1, 0.15) is 70.8 Å². The van der Waals surface area contributed by atoms with Gasteiger partial charge in [-0.3, -0.25) is 0 Å². The molecule has 0 aliphatic heterocycles. The number of aliphatic carboxylic acids is 1. The summed E-state index contributed by atoms with van der Waals surface area (Å²) in [7, 11) is 0. The van der Waals surface area contributed by atoms with Crippen molar-refractivity contribution in [2.75, 3.05) is 32.9 Å². The van der Waals surface area contributed by atoms with Crippen molar-refractivity contribution in [1.82, 2.24) is 4.90 Å². The zero-order valence-electron chi connectivity index (χ0n) is 20.3. The van der Waals surface area contributed by atoms with Gasteiger partial charge in [-0.15, -0.1) is 0 Å². The predicted octanol–water partition coefficient (Wildman–Crippen LogP) is 5.31. The fourth-order valence-electron chi connectivity index (χ4n) is 4.35. The summed E-state index contributed by atoms with van der Waals surface area (Å²) in [4.78, 5) is 25.3. The van der Waals surface area contributed by atoms with Crippen LogP contribution in [0.2, 0.25) is 0 Å². The molecule has 0 aromatic heterocycles. The predicted molar refractivity (Wildman–Crippen MR) is 128 cm³/mol. The van der Waals surface area contributed by atoms with Crippen molar-refractivity contribution < 1.29 is 28.9 Å². The number of carbonyl (C=O) groups excluding carboxylic acids is 1. The molecule has 1 amide bonds. The molecule has 2 rings (SSSR count). The highest BCUT2D eigenvalue weighted by Gasteiger charge is 2.18. The zero-order valence-corrected chi connectivity index (χ0v) is 20.3. The number of hydrogen-bond acceptors (Lipinski definition) is 5. The van der Waals surface area contributed by atoms with E-state index in [1.165, 1.54) is 38.5 Å². The number of carboxylic acids is 1. The Morgan fingerprint density at radius 2 is 1.76 bits per heavy atom. The van der Waals surface area contributed by atoms with Crippen molar-refractivity contribution in [3.8, 4) is 5.75 Å². The second kappa shape index (κ2) is 15.5. The van der Waals surface area contributed by atoms with Crippen LogP contribution in [0.5, 0.6) is 5.75 Å². The Bertz CT molecular complexity index is 687. The van der Waals surface area contributed by atoms with Crippen LogP contribution < -0.4 is 4.74 Å². The summed E-state index contributed by atoms with van der Waals surface area (Å²) >= 11 is 0. The van der Waals surface area contributed by atoms with Gasteiger partial charge in [-0.1, -0.05) is 57.1 Å². The molecule has 33 heavy (non-hydrogen) atoms. The molecule has 0 radical (unpaired) electrons. The third kappa shape index (κ3) is 10.5. The third-order valence-corrected chi connectivity index (χ3v) is 6.16. The molecule has 1 aromatic rings. The molecule has 0 spiro atoms. The molecule has 1 saturated carbocycles. The van der Waals surface area contributed by atoms with E-state index in [1.54, 1.807) is 11.8 Å². The quantitative estimate of drug-likeness (QED) is 0.355. The lowest BCUT2D eigenvalue weighted by atomic mass is 9.86. The molecule has 0 heterocycles. The van der Waals surface area contributed by atoms with Gasteiger partial charge in [0, 0.05) is 19.6 Å². The number of unbranched alkanes of at least 4 members (excludes halogenated alkanes) is 1. The number of amides is 1. The second-order valence-electron chi connectivity index (χ2n) is 8.66. The number of ether oxygens (including phenoxy) is 3. The Labute approximate surface area is 198 Å². The maximum absolute atomic E-state index is 12.3. The summed E-state index contributed by atoms with van der Waals surface area (Å²) in [6.07, 6.45) is 9.38. The number of nitrogens with zero attached hydrogens (tertiary/aromatic N) is 1. The van der Waals surface area contributed by atoms with E-state index >= 15 is 0 Å². The van der Waals surface area contributed by atoms with Crippen LogP contribution in [0, 0.1) is 5.92 Å². The topological polar surface area (TPSA) is 85.3 Å². The van der Waals surface area contributed by atoms with Gasteiger partial charge in [0.05, 0.1) is 13.2 Å². The van der Waals surface area contributed by atoms with Crippen LogP contribution in [-0.4, -0.2) is 61.1 Å². The summed E-state index contributed by atoms with van der Waals surface area (Å²) in [5.41, 5.74) is 0.870. The lowest BCUT2D eigenvalue weighted by Crippen LogP contribution is -2.36. The van der Waals surface area contributed by atoms with Crippen molar-refractivity contribution in [2.24, 2.45) is 5.92 Å². The van der Waals surface area contributed by atoms with Crippen molar-refractivity contribution in [2.45, 2.75) is 77.7 Å². The van der Waals surface area contributed by atoms with Crippen LogP contribution in [-0.2, 0) is 20.7 Å². The largest absolute Gasteiger partial charge is 0.492 e. The molecule has 1 unspecified atom stereocenters. The van der Waals surface area contributed by atoms with Gasteiger partial charge in [0.2, 0.25) is 0 Å². The molecule has 7 nitrogen and oxygen atoms in total. The van der Waals surface area contributed by atoms with E-state index in [9.17, 15) is 14.7 Å². The van der Waals surface area contributed by atoms with Crippen molar-refractivity contribution in [3.05, 3.63) is 29.8 Å². The Morgan fingerprint density at radius 3 is 2.39 bits per heavy atom. The summed E-state index contributed by atoms with van der Waals surface area (Å²) in [6, 6.07) is 7.33. The van der Waals surface area contributed by atoms with Crippen LogP contribution in [0.4, 0.5) is 4.79 Å². The maximum atomic E-state index is 12.3. The smallest absolute Gasteiger partial charge is 0.409 e. The summed E-state index contributed by atoms with van der Waals surface area (Å²) in [5.74, 6) is 0.582. The van der Waals surface area contributed by atoms with Crippen molar-refractivity contribution >= 4 is 12.1 Å². The van der Waals surface area contributed by atoms with E-state index in [0.29, 0.717) is 45.1 Å². The average Bonchev–Trinajstić information content (AvgIpc) is 2.82. The highest BCUT2D eigenvalue weighted by atomic mass is 16.6. The number of carboxylic acid groups (broad SMARTS) is 1. The van der Waals surface area contributed by atoms with Gasteiger partial charge in [-0.05, 0) is 43.9 Å². The Kier molecular flexibility index (Phi) is 12.7. The molecule has 1 atom stereocenters. The number of hydrogen-bond donors (Lipinski definition) is 1. The Morgan fingerprint density at radius 1 is 1.03 bits per heavy atom. The Hall–Kier alpha value is -2.28. The highest BCUT2D eigenvalue weighted by Crippen LogP contribution is 2.27. The first kappa shape index (κ1) is 27.0. The molecule has 1 aliphatic rings. The molecule has 0 saturated heterocycles. The van der Waals surface area contributed by atoms with Gasteiger partial charge in [0.25, 0.3) is 0 Å². The van der Waals surface area contributed by atoms with Crippen molar-refractivity contribution in [3.63, 3.8) is 0 Å². The normalized spacial score (nSPS) is 15.1. The minimum absolute atomic E-state index is 0.287. The van der Waals surface area contributed by atoms with E-state index in [-0.39, 0.29) is 6.09 Å². The van der Waals surface area contributed by atoms with Gasteiger partial charge in [-0.25, -0.2) is 9.59 Å². The SMILES string of the molecule is CCOC(=O)N(CCCCC1CCCCC1)CCOc1ccc(CC(OCC)C(=O)O)cc1. The molecular weight excluding hydrogens is 422 g/mol.